The second-order valence-corrected chi connectivity index (χ2v) is 7.44. The van der Waals surface area contributed by atoms with E-state index in [2.05, 4.69) is 0 Å². The van der Waals surface area contributed by atoms with E-state index in [4.69, 9.17) is 4.74 Å². The van der Waals surface area contributed by atoms with Crippen LogP contribution in [0.2, 0.25) is 0 Å². The van der Waals surface area contributed by atoms with Crippen molar-refractivity contribution in [2.24, 2.45) is 5.92 Å². The first-order chi connectivity index (χ1) is 13.0. The lowest BCUT2D eigenvalue weighted by Gasteiger charge is -2.26. The van der Waals surface area contributed by atoms with Gasteiger partial charge in [0.15, 0.2) is 6.10 Å². The number of fused-ring (bicyclic) bond motifs is 1. The van der Waals surface area contributed by atoms with Crippen molar-refractivity contribution in [3.05, 3.63) is 65.5 Å². The molecule has 0 saturated heterocycles. The lowest BCUT2D eigenvalue weighted by atomic mass is 10.1. The van der Waals surface area contributed by atoms with E-state index in [0.29, 0.717) is 12.0 Å². The summed E-state index contributed by atoms with van der Waals surface area (Å²) >= 11 is 0. The van der Waals surface area contributed by atoms with Crippen LogP contribution in [-0.4, -0.2) is 24.0 Å². The summed E-state index contributed by atoms with van der Waals surface area (Å²) < 4.78 is 19.3. The summed E-state index contributed by atoms with van der Waals surface area (Å²) in [5, 5.41) is 0. The van der Waals surface area contributed by atoms with Crippen LogP contribution < -0.4 is 4.90 Å². The molecule has 4 nitrogen and oxygen atoms in total. The Bertz CT molecular complexity index is 897. The maximum atomic E-state index is 13.9. The van der Waals surface area contributed by atoms with Gasteiger partial charge in [-0.05, 0) is 49.9 Å². The monoisotopic (exact) mass is 367 g/mol. The molecule has 1 fully saturated rings. The molecule has 2 aliphatic rings. The van der Waals surface area contributed by atoms with Crippen LogP contribution in [0.25, 0.3) is 0 Å². The highest BCUT2D eigenvalue weighted by Crippen LogP contribution is 2.49. The molecule has 1 aliphatic heterocycles. The van der Waals surface area contributed by atoms with E-state index in [1.807, 2.05) is 31.2 Å². The zero-order valence-corrected chi connectivity index (χ0v) is 15.4. The maximum absolute atomic E-state index is 13.9. The van der Waals surface area contributed by atoms with Crippen LogP contribution in [0.3, 0.4) is 0 Å². The Morgan fingerprint density at radius 3 is 2.63 bits per heavy atom. The third-order valence-electron chi connectivity index (χ3n) is 5.48. The van der Waals surface area contributed by atoms with E-state index in [1.54, 1.807) is 30.0 Å². The molecule has 1 amide bonds. The number of rotatable bonds is 4. The topological polar surface area (TPSA) is 46.6 Å². The van der Waals surface area contributed by atoms with E-state index >= 15 is 0 Å². The second-order valence-electron chi connectivity index (χ2n) is 7.44. The summed E-state index contributed by atoms with van der Waals surface area (Å²) in [7, 11) is 0. The number of esters is 1. The Morgan fingerprint density at radius 1 is 1.15 bits per heavy atom. The number of amides is 1. The molecule has 27 heavy (non-hydrogen) atoms. The number of nitrogens with zero attached hydrogens (tertiary/aromatic N) is 1. The zero-order valence-electron chi connectivity index (χ0n) is 15.4. The minimum absolute atomic E-state index is 0.0307. The fourth-order valence-electron chi connectivity index (χ4n) is 3.98. The van der Waals surface area contributed by atoms with Crippen molar-refractivity contribution in [3.63, 3.8) is 0 Å². The summed E-state index contributed by atoms with van der Waals surface area (Å²) in [6.07, 6.45) is 0.484. The summed E-state index contributed by atoms with van der Waals surface area (Å²) in [5.74, 6) is -1.48. The fraction of sp³-hybridized carbons (Fsp3) is 0.364. The van der Waals surface area contributed by atoms with Crippen LogP contribution in [-0.2, 0) is 20.7 Å². The average Bonchev–Trinajstić information content (AvgIpc) is 3.37. The highest BCUT2D eigenvalue weighted by molar-refractivity contribution is 5.99. The number of ether oxygens (including phenoxy) is 1. The SMILES string of the molecule is C[C@H](OC(=O)[C@@H]1C[C@H]1c1ccccc1F)C(=O)N1c2ccccc2C[C@@H]1C. The molecule has 0 spiro atoms. The Morgan fingerprint density at radius 2 is 1.85 bits per heavy atom. The molecule has 4 atom stereocenters. The predicted molar refractivity (Wildman–Crippen MR) is 99.9 cm³/mol. The predicted octanol–water partition coefficient (Wildman–Crippen LogP) is 3.84. The van der Waals surface area contributed by atoms with Gasteiger partial charge in [0.1, 0.15) is 5.82 Å². The molecule has 5 heteroatoms. The molecule has 1 saturated carbocycles. The minimum atomic E-state index is -0.868. The highest BCUT2D eigenvalue weighted by atomic mass is 19.1. The number of hydrogen-bond donors (Lipinski definition) is 0. The van der Waals surface area contributed by atoms with Crippen molar-refractivity contribution in [1.29, 1.82) is 0 Å². The number of benzene rings is 2. The Kier molecular flexibility index (Phi) is 4.46. The van der Waals surface area contributed by atoms with Gasteiger partial charge < -0.3 is 9.64 Å². The summed E-state index contributed by atoms with van der Waals surface area (Å²) in [6, 6.07) is 14.3. The second kappa shape index (κ2) is 6.80. The number of carbonyl (C=O) groups is 2. The van der Waals surface area contributed by atoms with Gasteiger partial charge >= 0.3 is 5.97 Å². The molecule has 1 aliphatic carbocycles. The van der Waals surface area contributed by atoms with Crippen molar-refractivity contribution in [3.8, 4) is 0 Å². The van der Waals surface area contributed by atoms with Crippen LogP contribution in [0.1, 0.15) is 37.3 Å². The van der Waals surface area contributed by atoms with Gasteiger partial charge in [-0.3, -0.25) is 9.59 Å². The van der Waals surface area contributed by atoms with Gasteiger partial charge in [-0.15, -0.1) is 0 Å². The Hall–Kier alpha value is -2.69. The van der Waals surface area contributed by atoms with Crippen molar-refractivity contribution >= 4 is 17.6 Å². The number of carbonyl (C=O) groups excluding carboxylic acids is 2. The van der Waals surface area contributed by atoms with Gasteiger partial charge in [-0.2, -0.15) is 0 Å². The number of hydrogen-bond acceptors (Lipinski definition) is 3. The van der Waals surface area contributed by atoms with E-state index in [1.165, 1.54) is 6.07 Å². The lowest BCUT2D eigenvalue weighted by Crippen LogP contribution is -2.43. The molecular weight excluding hydrogens is 345 g/mol. The largest absolute Gasteiger partial charge is 0.452 e. The molecule has 0 radical (unpaired) electrons. The first kappa shape index (κ1) is 17.7. The number of anilines is 1. The average molecular weight is 367 g/mol. The van der Waals surface area contributed by atoms with E-state index in [9.17, 15) is 14.0 Å². The van der Waals surface area contributed by atoms with Crippen LogP contribution in [0.4, 0.5) is 10.1 Å². The van der Waals surface area contributed by atoms with E-state index in [0.717, 1.165) is 17.7 Å². The molecule has 0 bridgehead atoms. The first-order valence-corrected chi connectivity index (χ1v) is 9.33. The standard InChI is InChI=1S/C22H22FNO3/c1-13-11-15-7-3-6-10-20(15)24(13)21(25)14(2)27-22(26)18-12-17(18)16-8-4-5-9-19(16)23/h3-10,13-14,17-18H,11-12H2,1-2H3/t13-,14-,17-,18+/m0/s1. The molecular formula is C22H22FNO3. The van der Waals surface area contributed by atoms with E-state index < -0.39 is 12.1 Å². The highest BCUT2D eigenvalue weighted by Gasteiger charge is 2.47. The van der Waals surface area contributed by atoms with Crippen LogP contribution in [0.15, 0.2) is 48.5 Å². The van der Waals surface area contributed by atoms with Crippen LogP contribution >= 0.6 is 0 Å². The number of para-hydroxylation sites is 1. The van der Waals surface area contributed by atoms with Gasteiger partial charge in [0, 0.05) is 17.6 Å². The first-order valence-electron chi connectivity index (χ1n) is 9.33. The van der Waals surface area contributed by atoms with Gasteiger partial charge in [0.2, 0.25) is 0 Å². The molecule has 0 unspecified atom stereocenters. The number of halogens is 1. The Labute approximate surface area is 157 Å². The summed E-state index contributed by atoms with van der Waals surface area (Å²) in [5.41, 5.74) is 2.55. The zero-order chi connectivity index (χ0) is 19.1. The van der Waals surface area contributed by atoms with Crippen molar-refractivity contribution in [2.45, 2.75) is 44.8 Å². The van der Waals surface area contributed by atoms with Gasteiger partial charge in [0.05, 0.1) is 5.92 Å². The third-order valence-corrected chi connectivity index (χ3v) is 5.48. The summed E-state index contributed by atoms with van der Waals surface area (Å²) in [6.45, 7) is 3.59. The maximum Gasteiger partial charge on any atom is 0.310 e. The fourth-order valence-corrected chi connectivity index (χ4v) is 3.98. The van der Waals surface area contributed by atoms with Crippen molar-refractivity contribution in [1.82, 2.24) is 0 Å². The Balaban J connectivity index is 1.41. The quantitative estimate of drug-likeness (QED) is 0.772. The van der Waals surface area contributed by atoms with Gasteiger partial charge in [-0.1, -0.05) is 36.4 Å². The van der Waals surface area contributed by atoms with Gasteiger partial charge in [-0.25, -0.2) is 4.39 Å². The third kappa shape index (κ3) is 3.22. The molecule has 4 rings (SSSR count). The summed E-state index contributed by atoms with van der Waals surface area (Å²) in [4.78, 5) is 27.0. The molecule has 140 valence electrons. The minimum Gasteiger partial charge on any atom is -0.452 e. The lowest BCUT2D eigenvalue weighted by molar-refractivity contribution is -0.155. The van der Waals surface area contributed by atoms with Crippen LogP contribution in [0.5, 0.6) is 0 Å². The van der Waals surface area contributed by atoms with Crippen molar-refractivity contribution < 1.29 is 18.7 Å². The molecule has 1 heterocycles. The van der Waals surface area contributed by atoms with Gasteiger partial charge in [0.25, 0.3) is 5.91 Å². The van der Waals surface area contributed by atoms with E-state index in [-0.39, 0.29) is 29.6 Å². The van der Waals surface area contributed by atoms with Crippen molar-refractivity contribution in [2.75, 3.05) is 4.90 Å². The normalized spacial score (nSPS) is 24.3. The molecule has 2 aromatic rings. The van der Waals surface area contributed by atoms with Crippen LogP contribution in [0, 0.1) is 11.7 Å². The molecule has 0 N–H and O–H groups in total. The smallest absolute Gasteiger partial charge is 0.310 e. The molecule has 0 aromatic heterocycles. The molecule has 2 aromatic carbocycles.